The summed E-state index contributed by atoms with van der Waals surface area (Å²) in [5.74, 6) is -1.75. The fraction of sp³-hybridized carbons (Fsp3) is 0.667. The zero-order valence-corrected chi connectivity index (χ0v) is 7.46. The van der Waals surface area contributed by atoms with E-state index in [0.29, 0.717) is 12.0 Å². The number of cyclic esters (lactones) is 1. The summed E-state index contributed by atoms with van der Waals surface area (Å²) in [4.78, 5) is 10.8. The first-order valence-corrected chi connectivity index (χ1v) is 4.22. The first-order chi connectivity index (χ1) is 5.58. The molecule has 0 aliphatic carbocycles. The smallest absolute Gasteiger partial charge is 0.333 e. The molecule has 0 radical (unpaired) electrons. The molecule has 3 heteroatoms. The van der Waals surface area contributed by atoms with Crippen molar-refractivity contribution in [1.82, 2.24) is 0 Å². The zero-order chi connectivity index (χ0) is 9.19. The molecule has 0 fully saturated rings. The maximum Gasteiger partial charge on any atom is 0.333 e. The maximum absolute atomic E-state index is 10.8. The molecule has 1 N–H and O–H groups in total. The summed E-state index contributed by atoms with van der Waals surface area (Å²) < 4.78 is 4.79. The van der Waals surface area contributed by atoms with Gasteiger partial charge in [-0.2, -0.15) is 0 Å². The van der Waals surface area contributed by atoms with Crippen LogP contribution in [0.25, 0.3) is 0 Å². The van der Waals surface area contributed by atoms with E-state index in [9.17, 15) is 9.90 Å². The van der Waals surface area contributed by atoms with E-state index in [0.717, 1.165) is 12.8 Å². The van der Waals surface area contributed by atoms with E-state index in [1.807, 2.05) is 6.92 Å². The Labute approximate surface area is 72.0 Å². The van der Waals surface area contributed by atoms with Crippen LogP contribution < -0.4 is 0 Å². The van der Waals surface area contributed by atoms with Crippen LogP contribution in [0.5, 0.6) is 0 Å². The third-order valence-electron chi connectivity index (χ3n) is 2.09. The molecule has 0 amide bonds. The van der Waals surface area contributed by atoms with Crippen molar-refractivity contribution in [2.24, 2.45) is 0 Å². The number of hydrogen-bond acceptors (Lipinski definition) is 3. The van der Waals surface area contributed by atoms with Crippen molar-refractivity contribution in [3.63, 3.8) is 0 Å². The maximum atomic E-state index is 10.8. The molecule has 0 saturated heterocycles. The molecule has 1 heterocycles. The lowest BCUT2D eigenvalue weighted by molar-refractivity contribution is -0.183. The number of rotatable bonds is 3. The Bertz CT molecular complexity index is 220. The lowest BCUT2D eigenvalue weighted by Crippen LogP contribution is -2.30. The highest BCUT2D eigenvalue weighted by Crippen LogP contribution is 2.29. The van der Waals surface area contributed by atoms with Gasteiger partial charge in [0.05, 0.1) is 0 Å². The van der Waals surface area contributed by atoms with Crippen LogP contribution in [0.3, 0.4) is 0 Å². The fourth-order valence-corrected chi connectivity index (χ4v) is 1.23. The highest BCUT2D eigenvalue weighted by Gasteiger charge is 2.37. The molecule has 0 saturated carbocycles. The van der Waals surface area contributed by atoms with Gasteiger partial charge in [0.25, 0.3) is 0 Å². The van der Waals surface area contributed by atoms with Crippen LogP contribution in [-0.2, 0) is 9.53 Å². The molecule has 0 aromatic heterocycles. The Balaban J connectivity index is 2.61. The molecule has 0 spiro atoms. The Morgan fingerprint density at radius 1 is 1.67 bits per heavy atom. The van der Waals surface area contributed by atoms with Gasteiger partial charge in [-0.3, -0.25) is 0 Å². The number of carbonyl (C=O) groups is 1. The van der Waals surface area contributed by atoms with E-state index in [2.05, 4.69) is 0 Å². The van der Waals surface area contributed by atoms with E-state index >= 15 is 0 Å². The van der Waals surface area contributed by atoms with E-state index in [1.165, 1.54) is 6.08 Å². The predicted molar refractivity (Wildman–Crippen MR) is 44.3 cm³/mol. The molecule has 0 bridgehead atoms. The van der Waals surface area contributed by atoms with Gasteiger partial charge in [0, 0.05) is 18.1 Å². The largest absolute Gasteiger partial charge is 0.426 e. The number of carbonyl (C=O) groups excluding carboxylic acids is 1. The van der Waals surface area contributed by atoms with Gasteiger partial charge in [-0.25, -0.2) is 4.79 Å². The van der Waals surface area contributed by atoms with Crippen LogP contribution in [-0.4, -0.2) is 16.9 Å². The van der Waals surface area contributed by atoms with Crippen molar-refractivity contribution in [2.75, 3.05) is 0 Å². The van der Waals surface area contributed by atoms with Gasteiger partial charge >= 0.3 is 5.97 Å². The van der Waals surface area contributed by atoms with Crippen molar-refractivity contribution < 1.29 is 14.6 Å². The number of unbranched alkanes of at least 4 members (excludes halogenated alkanes) is 1. The third-order valence-corrected chi connectivity index (χ3v) is 2.09. The monoisotopic (exact) mass is 170 g/mol. The summed E-state index contributed by atoms with van der Waals surface area (Å²) in [6.45, 7) is 3.74. The second-order valence-corrected chi connectivity index (χ2v) is 3.14. The summed E-state index contributed by atoms with van der Waals surface area (Å²) in [7, 11) is 0. The van der Waals surface area contributed by atoms with Gasteiger partial charge in [-0.05, 0) is 13.3 Å². The fourth-order valence-electron chi connectivity index (χ4n) is 1.23. The Morgan fingerprint density at radius 2 is 2.33 bits per heavy atom. The minimum Gasteiger partial charge on any atom is -0.426 e. The van der Waals surface area contributed by atoms with Gasteiger partial charge in [0.2, 0.25) is 5.79 Å². The lowest BCUT2D eigenvalue weighted by atomic mass is 10.0. The standard InChI is InChI=1S/C9H14O3/c1-3-4-5-9(11)7(2)6-8(10)12-9/h6,11H,3-5H2,1-2H3. The minimum absolute atomic E-state index is 0.439. The predicted octanol–water partition coefficient (Wildman–Crippen LogP) is 1.37. The van der Waals surface area contributed by atoms with Crippen molar-refractivity contribution in [3.05, 3.63) is 11.6 Å². The third kappa shape index (κ3) is 1.67. The Morgan fingerprint density at radius 3 is 2.75 bits per heavy atom. The Hall–Kier alpha value is -0.830. The van der Waals surface area contributed by atoms with E-state index in [1.54, 1.807) is 6.92 Å². The molecule has 1 rings (SSSR count). The number of hydrogen-bond donors (Lipinski definition) is 1. The van der Waals surface area contributed by atoms with Crippen LogP contribution in [0, 0.1) is 0 Å². The van der Waals surface area contributed by atoms with Crippen LogP contribution in [0.15, 0.2) is 11.6 Å². The van der Waals surface area contributed by atoms with Crippen LogP contribution >= 0.6 is 0 Å². The number of aliphatic hydroxyl groups is 1. The number of esters is 1. The molecular weight excluding hydrogens is 156 g/mol. The first kappa shape index (κ1) is 9.26. The summed E-state index contributed by atoms with van der Waals surface area (Å²) >= 11 is 0. The molecule has 1 aliphatic heterocycles. The van der Waals surface area contributed by atoms with Gasteiger partial charge in [-0.15, -0.1) is 0 Å². The summed E-state index contributed by atoms with van der Waals surface area (Å²) in [6.07, 6.45) is 3.68. The van der Waals surface area contributed by atoms with Crippen molar-refractivity contribution in [2.45, 2.75) is 38.9 Å². The highest BCUT2D eigenvalue weighted by molar-refractivity contribution is 5.86. The summed E-state index contributed by atoms with van der Waals surface area (Å²) in [5, 5.41) is 9.75. The average Bonchev–Trinajstić information content (AvgIpc) is 2.23. The van der Waals surface area contributed by atoms with Crippen molar-refractivity contribution in [1.29, 1.82) is 0 Å². The second kappa shape index (κ2) is 3.27. The molecule has 68 valence electrons. The molecule has 1 atom stereocenters. The molecule has 3 nitrogen and oxygen atoms in total. The van der Waals surface area contributed by atoms with Gasteiger partial charge in [-0.1, -0.05) is 13.3 Å². The highest BCUT2D eigenvalue weighted by atomic mass is 16.7. The quantitative estimate of drug-likeness (QED) is 0.651. The van der Waals surface area contributed by atoms with Gasteiger partial charge in [0.1, 0.15) is 0 Å². The lowest BCUT2D eigenvalue weighted by Gasteiger charge is -2.22. The van der Waals surface area contributed by atoms with E-state index in [4.69, 9.17) is 4.74 Å². The summed E-state index contributed by atoms with van der Waals surface area (Å²) in [6, 6.07) is 0. The molecule has 0 aromatic rings. The molecule has 0 aromatic carbocycles. The van der Waals surface area contributed by atoms with E-state index < -0.39 is 11.8 Å². The van der Waals surface area contributed by atoms with E-state index in [-0.39, 0.29) is 0 Å². The summed E-state index contributed by atoms with van der Waals surface area (Å²) in [5.41, 5.74) is 0.612. The van der Waals surface area contributed by atoms with Crippen LogP contribution in [0.4, 0.5) is 0 Å². The first-order valence-electron chi connectivity index (χ1n) is 4.22. The zero-order valence-electron chi connectivity index (χ0n) is 7.46. The molecular formula is C9H14O3. The van der Waals surface area contributed by atoms with Crippen molar-refractivity contribution >= 4 is 5.97 Å². The normalized spacial score (nSPS) is 28.6. The SMILES string of the molecule is CCCCC1(O)OC(=O)C=C1C. The number of ether oxygens (including phenoxy) is 1. The topological polar surface area (TPSA) is 46.5 Å². The minimum atomic E-state index is -1.31. The van der Waals surface area contributed by atoms with Crippen molar-refractivity contribution in [3.8, 4) is 0 Å². The van der Waals surface area contributed by atoms with Gasteiger partial charge < -0.3 is 9.84 Å². The average molecular weight is 170 g/mol. The van der Waals surface area contributed by atoms with Crippen LogP contribution in [0.2, 0.25) is 0 Å². The second-order valence-electron chi connectivity index (χ2n) is 3.14. The van der Waals surface area contributed by atoms with Crippen LogP contribution in [0.1, 0.15) is 33.1 Å². The molecule has 12 heavy (non-hydrogen) atoms. The Kier molecular flexibility index (Phi) is 2.52. The van der Waals surface area contributed by atoms with Gasteiger partial charge in [0.15, 0.2) is 0 Å². The molecule has 1 aliphatic rings. The molecule has 1 unspecified atom stereocenters.